The van der Waals surface area contributed by atoms with Crippen LogP contribution in [0.25, 0.3) is 0 Å². The molecule has 1 saturated heterocycles. The molecule has 0 bridgehead atoms. The second kappa shape index (κ2) is 7.85. The number of thioether (sulfide) groups is 1. The number of hydrogen-bond donors (Lipinski definition) is 1. The molecule has 1 fully saturated rings. The second-order valence-corrected chi connectivity index (χ2v) is 6.61. The van der Waals surface area contributed by atoms with Gasteiger partial charge in [0.05, 0.1) is 18.4 Å². The van der Waals surface area contributed by atoms with Crippen molar-refractivity contribution in [3.8, 4) is 0 Å². The number of rotatable bonds is 5. The molecule has 120 valence electrons. The van der Waals surface area contributed by atoms with E-state index in [0.29, 0.717) is 23.1 Å². The lowest BCUT2D eigenvalue weighted by molar-refractivity contribution is -0.165. The van der Waals surface area contributed by atoms with Crippen molar-refractivity contribution in [3.63, 3.8) is 0 Å². The molecule has 1 aromatic carbocycles. The summed E-state index contributed by atoms with van der Waals surface area (Å²) in [6, 6.07) is 7.49. The summed E-state index contributed by atoms with van der Waals surface area (Å²) in [6.45, 7) is 2.32. The number of aliphatic carboxylic acids is 1. The lowest BCUT2D eigenvalue weighted by Gasteiger charge is -2.34. The van der Waals surface area contributed by atoms with Crippen LogP contribution < -0.4 is 0 Å². The highest BCUT2D eigenvalue weighted by Gasteiger charge is 2.32. The number of ether oxygens (including phenoxy) is 1. The second-order valence-electron chi connectivity index (χ2n) is 5.19. The van der Waals surface area contributed by atoms with Crippen LogP contribution in [-0.2, 0) is 20.1 Å². The number of carboxylic acid groups (broad SMARTS) is 1. The number of halogens is 1. The molecular weight excluding hydrogens is 326 g/mol. The van der Waals surface area contributed by atoms with Crippen LogP contribution in [0, 0.1) is 0 Å². The molecule has 22 heavy (non-hydrogen) atoms. The molecule has 1 heterocycles. The standard InChI is InChI=1S/C15H18ClNO4S/c1-10-6-17(7-13(21-10)15(19)20)14(18)9-22-8-11-2-4-12(16)5-3-11/h2-5,10,13H,6-9H2,1H3,(H,19,20)/t10-,13?/m1/s1. The first-order valence-electron chi connectivity index (χ1n) is 6.94. The molecule has 1 N–H and O–H groups in total. The van der Waals surface area contributed by atoms with Crippen molar-refractivity contribution in [2.45, 2.75) is 24.9 Å². The maximum Gasteiger partial charge on any atom is 0.334 e. The molecule has 0 saturated carbocycles. The Labute approximate surface area is 138 Å². The topological polar surface area (TPSA) is 66.8 Å². The van der Waals surface area contributed by atoms with Gasteiger partial charge in [-0.15, -0.1) is 11.8 Å². The van der Waals surface area contributed by atoms with Gasteiger partial charge in [0.25, 0.3) is 0 Å². The zero-order chi connectivity index (χ0) is 16.1. The zero-order valence-electron chi connectivity index (χ0n) is 12.2. The SMILES string of the molecule is C[C@@H]1CN(C(=O)CSCc2ccc(Cl)cc2)CC(C(=O)O)O1. The van der Waals surface area contributed by atoms with Gasteiger partial charge in [0.2, 0.25) is 5.91 Å². The number of nitrogens with zero attached hydrogens (tertiary/aromatic N) is 1. The first-order chi connectivity index (χ1) is 10.5. The Morgan fingerprint density at radius 3 is 2.68 bits per heavy atom. The van der Waals surface area contributed by atoms with E-state index < -0.39 is 12.1 Å². The number of carboxylic acids is 1. The number of amides is 1. The number of hydrogen-bond acceptors (Lipinski definition) is 4. The Hall–Kier alpha value is -1.24. The zero-order valence-corrected chi connectivity index (χ0v) is 13.8. The maximum absolute atomic E-state index is 12.2. The molecule has 2 rings (SSSR count). The fourth-order valence-electron chi connectivity index (χ4n) is 2.22. The third kappa shape index (κ3) is 4.90. The maximum atomic E-state index is 12.2. The monoisotopic (exact) mass is 343 g/mol. The molecule has 1 unspecified atom stereocenters. The quantitative estimate of drug-likeness (QED) is 0.888. The van der Waals surface area contributed by atoms with Gasteiger partial charge in [-0.05, 0) is 24.6 Å². The molecule has 0 radical (unpaired) electrons. The molecule has 0 aromatic heterocycles. The van der Waals surface area contributed by atoms with Gasteiger partial charge in [-0.3, -0.25) is 4.79 Å². The van der Waals surface area contributed by atoms with E-state index >= 15 is 0 Å². The van der Waals surface area contributed by atoms with Crippen molar-refractivity contribution in [2.75, 3.05) is 18.8 Å². The van der Waals surface area contributed by atoms with Crippen molar-refractivity contribution in [3.05, 3.63) is 34.9 Å². The van der Waals surface area contributed by atoms with Gasteiger partial charge in [-0.25, -0.2) is 4.79 Å². The third-order valence-corrected chi connectivity index (χ3v) is 4.54. The lowest BCUT2D eigenvalue weighted by Crippen LogP contribution is -2.52. The highest BCUT2D eigenvalue weighted by Crippen LogP contribution is 2.17. The summed E-state index contributed by atoms with van der Waals surface area (Å²) in [6.07, 6.45) is -1.20. The van der Waals surface area contributed by atoms with Gasteiger partial charge in [-0.1, -0.05) is 23.7 Å². The van der Waals surface area contributed by atoms with E-state index in [1.807, 2.05) is 24.3 Å². The molecule has 1 aliphatic heterocycles. The minimum absolute atomic E-state index is 0.0552. The third-order valence-electron chi connectivity index (χ3n) is 3.30. The summed E-state index contributed by atoms with van der Waals surface area (Å²) in [5.74, 6) is -0.0501. The van der Waals surface area contributed by atoms with Gasteiger partial charge in [-0.2, -0.15) is 0 Å². The summed E-state index contributed by atoms with van der Waals surface area (Å²) in [4.78, 5) is 24.8. The summed E-state index contributed by atoms with van der Waals surface area (Å²) in [5, 5.41) is 9.71. The first-order valence-corrected chi connectivity index (χ1v) is 8.47. The van der Waals surface area contributed by atoms with E-state index in [-0.39, 0.29) is 18.6 Å². The number of carbonyl (C=O) groups excluding carboxylic acids is 1. The van der Waals surface area contributed by atoms with E-state index in [1.165, 1.54) is 11.8 Å². The van der Waals surface area contributed by atoms with Gasteiger partial charge in [0.1, 0.15) is 0 Å². The Balaban J connectivity index is 1.81. The van der Waals surface area contributed by atoms with Crippen molar-refractivity contribution in [2.24, 2.45) is 0 Å². The lowest BCUT2D eigenvalue weighted by atomic mass is 10.2. The average molecular weight is 344 g/mol. The van der Waals surface area contributed by atoms with Crippen molar-refractivity contribution in [1.82, 2.24) is 4.90 Å². The Morgan fingerprint density at radius 2 is 2.05 bits per heavy atom. The predicted octanol–water partition coefficient (Wildman–Crippen LogP) is 2.27. The van der Waals surface area contributed by atoms with Crippen LogP contribution in [0.3, 0.4) is 0 Å². The Kier molecular flexibility index (Phi) is 6.11. The van der Waals surface area contributed by atoms with Gasteiger partial charge >= 0.3 is 5.97 Å². The molecule has 5 nitrogen and oxygen atoms in total. The fourth-order valence-corrected chi connectivity index (χ4v) is 3.23. The van der Waals surface area contributed by atoms with E-state index in [2.05, 4.69) is 0 Å². The first kappa shape index (κ1) is 17.1. The van der Waals surface area contributed by atoms with Crippen LogP contribution in [0.4, 0.5) is 0 Å². The smallest absolute Gasteiger partial charge is 0.334 e. The van der Waals surface area contributed by atoms with E-state index in [4.69, 9.17) is 21.4 Å². The summed E-state index contributed by atoms with van der Waals surface area (Å²) in [5.41, 5.74) is 1.10. The highest BCUT2D eigenvalue weighted by molar-refractivity contribution is 7.99. The van der Waals surface area contributed by atoms with Crippen molar-refractivity contribution >= 4 is 35.2 Å². The van der Waals surface area contributed by atoms with Crippen LogP contribution in [0.1, 0.15) is 12.5 Å². The summed E-state index contributed by atoms with van der Waals surface area (Å²) >= 11 is 7.33. The summed E-state index contributed by atoms with van der Waals surface area (Å²) < 4.78 is 5.30. The van der Waals surface area contributed by atoms with Gasteiger partial charge < -0.3 is 14.7 Å². The minimum atomic E-state index is -1.03. The van der Waals surface area contributed by atoms with Gasteiger partial charge in [0, 0.05) is 17.3 Å². The normalized spacial score (nSPS) is 21.6. The molecule has 1 aliphatic rings. The van der Waals surface area contributed by atoms with E-state index in [9.17, 15) is 9.59 Å². The molecule has 0 aliphatic carbocycles. The number of carbonyl (C=O) groups is 2. The molecule has 2 atom stereocenters. The van der Waals surface area contributed by atoms with E-state index in [1.54, 1.807) is 11.8 Å². The summed E-state index contributed by atoms with van der Waals surface area (Å²) in [7, 11) is 0. The minimum Gasteiger partial charge on any atom is -0.479 e. The van der Waals surface area contributed by atoms with Crippen LogP contribution in [0.5, 0.6) is 0 Å². The van der Waals surface area contributed by atoms with Crippen LogP contribution in [0.2, 0.25) is 5.02 Å². The van der Waals surface area contributed by atoms with Crippen molar-refractivity contribution < 1.29 is 19.4 Å². The molecule has 1 aromatic rings. The number of benzene rings is 1. The van der Waals surface area contributed by atoms with Crippen LogP contribution >= 0.6 is 23.4 Å². The largest absolute Gasteiger partial charge is 0.479 e. The Bertz CT molecular complexity index is 537. The highest BCUT2D eigenvalue weighted by atomic mass is 35.5. The molecular formula is C15H18ClNO4S. The van der Waals surface area contributed by atoms with Crippen LogP contribution in [-0.4, -0.2) is 52.9 Å². The molecule has 0 spiro atoms. The number of morpholine rings is 1. The van der Waals surface area contributed by atoms with Gasteiger partial charge in [0.15, 0.2) is 6.10 Å². The van der Waals surface area contributed by atoms with Crippen LogP contribution in [0.15, 0.2) is 24.3 Å². The Morgan fingerprint density at radius 1 is 1.36 bits per heavy atom. The fraction of sp³-hybridized carbons (Fsp3) is 0.467. The average Bonchev–Trinajstić information content (AvgIpc) is 2.48. The van der Waals surface area contributed by atoms with Crippen molar-refractivity contribution in [1.29, 1.82) is 0 Å². The predicted molar refractivity (Wildman–Crippen MR) is 86.2 cm³/mol. The van der Waals surface area contributed by atoms with E-state index in [0.717, 1.165) is 5.56 Å². The molecule has 7 heteroatoms. The molecule has 1 amide bonds.